The Labute approximate surface area is 146 Å². The summed E-state index contributed by atoms with van der Waals surface area (Å²) in [5, 5.41) is 9.55. The van der Waals surface area contributed by atoms with Gasteiger partial charge in [0.05, 0.1) is 31.4 Å². The molecule has 4 rings (SSSR count). The van der Waals surface area contributed by atoms with Gasteiger partial charge in [-0.1, -0.05) is 0 Å². The number of benzene rings is 1. The van der Waals surface area contributed by atoms with Gasteiger partial charge in [-0.05, 0) is 30.7 Å². The monoisotopic (exact) mass is 346 g/mol. The van der Waals surface area contributed by atoms with Crippen molar-refractivity contribution < 1.29 is 24.2 Å². The lowest BCUT2D eigenvalue weighted by atomic mass is 10.0. The van der Waals surface area contributed by atoms with E-state index in [-0.39, 0.29) is 24.0 Å². The summed E-state index contributed by atoms with van der Waals surface area (Å²) in [5.74, 6) is -0.759. The summed E-state index contributed by atoms with van der Waals surface area (Å²) in [6.07, 6.45) is 1.61. The van der Waals surface area contributed by atoms with Crippen molar-refractivity contribution in [3.05, 3.63) is 23.8 Å². The smallest absolute Gasteiger partial charge is 0.251 e. The normalized spacial score (nSPS) is 26.8. The first-order valence-electron chi connectivity index (χ1n) is 8.67. The molecule has 1 aromatic carbocycles. The maximum Gasteiger partial charge on any atom is 0.251 e. The third-order valence-electron chi connectivity index (χ3n) is 5.36. The molecule has 3 heterocycles. The predicted molar refractivity (Wildman–Crippen MR) is 89.2 cm³/mol. The summed E-state index contributed by atoms with van der Waals surface area (Å²) >= 11 is 0. The number of hydrogen-bond acceptors (Lipinski definition) is 6. The van der Waals surface area contributed by atoms with Crippen LogP contribution >= 0.6 is 0 Å². The third-order valence-corrected chi connectivity index (χ3v) is 5.36. The van der Waals surface area contributed by atoms with Crippen LogP contribution in [-0.2, 0) is 19.1 Å². The highest BCUT2D eigenvalue weighted by atomic mass is 16.7. The molecule has 2 amide bonds. The summed E-state index contributed by atoms with van der Waals surface area (Å²) in [4.78, 5) is 28.7. The average molecular weight is 346 g/mol. The first-order chi connectivity index (χ1) is 12.0. The van der Waals surface area contributed by atoms with Crippen LogP contribution in [0.4, 0.5) is 5.69 Å². The number of carbonyl (C=O) groups is 2. The zero-order chi connectivity index (χ0) is 17.6. The number of phenolic OH excluding ortho intramolecular Hbond substituents is 1. The number of imide groups is 1. The first kappa shape index (κ1) is 16.5. The summed E-state index contributed by atoms with van der Waals surface area (Å²) in [7, 11) is 0. The Hall–Kier alpha value is -1.96. The van der Waals surface area contributed by atoms with Gasteiger partial charge in [0, 0.05) is 25.9 Å². The van der Waals surface area contributed by atoms with E-state index in [0.717, 1.165) is 0 Å². The number of anilines is 1. The highest BCUT2D eigenvalue weighted by Crippen LogP contribution is 2.35. The van der Waals surface area contributed by atoms with Crippen LogP contribution in [0.2, 0.25) is 0 Å². The van der Waals surface area contributed by atoms with E-state index >= 15 is 0 Å². The molecule has 7 nitrogen and oxygen atoms in total. The van der Waals surface area contributed by atoms with Gasteiger partial charge in [-0.15, -0.1) is 0 Å². The molecule has 3 saturated heterocycles. The van der Waals surface area contributed by atoms with Gasteiger partial charge in [0.25, 0.3) is 5.91 Å². The lowest BCUT2D eigenvalue weighted by Gasteiger charge is -2.39. The van der Waals surface area contributed by atoms with Gasteiger partial charge in [-0.25, -0.2) is 4.90 Å². The minimum Gasteiger partial charge on any atom is -0.508 e. The van der Waals surface area contributed by atoms with Gasteiger partial charge in [-0.3, -0.25) is 14.5 Å². The average Bonchev–Trinajstić information content (AvgIpc) is 3.15. The van der Waals surface area contributed by atoms with E-state index in [1.807, 2.05) is 0 Å². The van der Waals surface area contributed by atoms with Crippen molar-refractivity contribution in [2.75, 3.05) is 31.2 Å². The largest absolute Gasteiger partial charge is 0.508 e. The molecule has 3 aliphatic heterocycles. The van der Waals surface area contributed by atoms with E-state index in [4.69, 9.17) is 9.47 Å². The molecule has 7 heteroatoms. The molecule has 1 atom stereocenters. The number of aryl methyl sites for hydroxylation is 1. The van der Waals surface area contributed by atoms with Crippen molar-refractivity contribution in [3.63, 3.8) is 0 Å². The molecule has 25 heavy (non-hydrogen) atoms. The minimum atomic E-state index is -0.491. The van der Waals surface area contributed by atoms with Crippen molar-refractivity contribution in [1.82, 2.24) is 4.90 Å². The maximum absolute atomic E-state index is 12.9. The molecular formula is C18H22N2O5. The molecule has 0 aliphatic carbocycles. The highest BCUT2D eigenvalue weighted by Gasteiger charge is 2.47. The molecule has 0 aromatic heterocycles. The van der Waals surface area contributed by atoms with Crippen LogP contribution < -0.4 is 4.90 Å². The zero-order valence-corrected chi connectivity index (χ0v) is 14.2. The van der Waals surface area contributed by atoms with Gasteiger partial charge < -0.3 is 14.6 Å². The van der Waals surface area contributed by atoms with Gasteiger partial charge >= 0.3 is 0 Å². The van der Waals surface area contributed by atoms with Gasteiger partial charge in [0.2, 0.25) is 5.91 Å². The number of hydrogen-bond donors (Lipinski definition) is 1. The Morgan fingerprint density at radius 1 is 1.16 bits per heavy atom. The lowest BCUT2D eigenvalue weighted by Crippen LogP contribution is -2.51. The van der Waals surface area contributed by atoms with Crippen molar-refractivity contribution >= 4 is 17.5 Å². The number of aromatic hydroxyl groups is 1. The van der Waals surface area contributed by atoms with Crippen LogP contribution in [0.1, 0.15) is 24.8 Å². The van der Waals surface area contributed by atoms with Crippen LogP contribution in [0.25, 0.3) is 0 Å². The van der Waals surface area contributed by atoms with E-state index in [2.05, 4.69) is 4.90 Å². The number of phenols is 1. The third kappa shape index (κ3) is 2.82. The molecule has 1 spiro atoms. The molecule has 0 saturated carbocycles. The molecule has 0 bridgehead atoms. The number of ether oxygens (including phenoxy) is 2. The number of amides is 2. The molecule has 134 valence electrons. The molecule has 3 fully saturated rings. The molecule has 1 N–H and O–H groups in total. The van der Waals surface area contributed by atoms with Crippen LogP contribution in [0.15, 0.2) is 18.2 Å². The van der Waals surface area contributed by atoms with Crippen LogP contribution in [0.3, 0.4) is 0 Å². The molecule has 1 aromatic rings. The summed E-state index contributed by atoms with van der Waals surface area (Å²) in [5.41, 5.74) is 1.25. The Balaban J connectivity index is 1.50. The topological polar surface area (TPSA) is 79.3 Å². The number of nitrogens with zero attached hydrogens (tertiary/aromatic N) is 2. The number of piperidine rings is 1. The van der Waals surface area contributed by atoms with Crippen LogP contribution in [-0.4, -0.2) is 60.0 Å². The van der Waals surface area contributed by atoms with E-state index in [1.165, 1.54) is 11.0 Å². The Bertz CT molecular complexity index is 703. The second-order valence-electron chi connectivity index (χ2n) is 6.90. The maximum atomic E-state index is 12.9. The molecule has 1 unspecified atom stereocenters. The first-order valence-corrected chi connectivity index (χ1v) is 8.67. The Morgan fingerprint density at radius 2 is 1.84 bits per heavy atom. The fourth-order valence-electron chi connectivity index (χ4n) is 4.01. The van der Waals surface area contributed by atoms with E-state index in [1.54, 1.807) is 19.1 Å². The van der Waals surface area contributed by atoms with Crippen molar-refractivity contribution in [1.29, 1.82) is 0 Å². The molecule has 0 radical (unpaired) electrons. The van der Waals surface area contributed by atoms with Crippen molar-refractivity contribution in [2.24, 2.45) is 0 Å². The second kappa shape index (κ2) is 6.09. The fourth-order valence-corrected chi connectivity index (χ4v) is 4.01. The summed E-state index contributed by atoms with van der Waals surface area (Å²) < 4.78 is 11.4. The van der Waals surface area contributed by atoms with Crippen LogP contribution in [0.5, 0.6) is 5.75 Å². The second-order valence-corrected chi connectivity index (χ2v) is 6.90. The lowest BCUT2D eigenvalue weighted by molar-refractivity contribution is -0.188. The number of rotatable bonds is 2. The van der Waals surface area contributed by atoms with Gasteiger partial charge in [-0.2, -0.15) is 0 Å². The van der Waals surface area contributed by atoms with E-state index in [9.17, 15) is 14.7 Å². The predicted octanol–water partition coefficient (Wildman–Crippen LogP) is 1.17. The van der Waals surface area contributed by atoms with Crippen molar-refractivity contribution in [3.8, 4) is 5.75 Å². The quantitative estimate of drug-likeness (QED) is 0.810. The Kier molecular flexibility index (Phi) is 4.02. The fraction of sp³-hybridized carbons (Fsp3) is 0.556. The standard InChI is InChI=1S/C18H22N2O5/c1-12-10-13(21)2-3-14(12)20-16(22)11-15(17(20)23)19-6-4-18(5-7-19)24-8-9-25-18/h2-3,10,15,21H,4-9,11H2,1H3. The number of carbonyl (C=O) groups excluding carboxylic acids is 2. The number of likely N-dealkylation sites (tertiary alicyclic amines) is 1. The van der Waals surface area contributed by atoms with E-state index < -0.39 is 11.8 Å². The molecule has 3 aliphatic rings. The van der Waals surface area contributed by atoms with E-state index in [0.29, 0.717) is 50.4 Å². The highest BCUT2D eigenvalue weighted by molar-refractivity contribution is 6.22. The van der Waals surface area contributed by atoms with Crippen molar-refractivity contribution in [2.45, 2.75) is 38.0 Å². The molecular weight excluding hydrogens is 324 g/mol. The van der Waals surface area contributed by atoms with Crippen LogP contribution in [0, 0.1) is 6.92 Å². The minimum absolute atomic E-state index is 0.120. The summed E-state index contributed by atoms with van der Waals surface area (Å²) in [6.45, 7) is 4.37. The zero-order valence-electron chi connectivity index (χ0n) is 14.2. The Morgan fingerprint density at radius 3 is 2.48 bits per heavy atom. The summed E-state index contributed by atoms with van der Waals surface area (Å²) in [6, 6.07) is 4.24. The van der Waals surface area contributed by atoms with Gasteiger partial charge in [0.1, 0.15) is 5.75 Å². The SMILES string of the molecule is Cc1cc(O)ccc1N1C(=O)CC(N2CCC3(CC2)OCCO3)C1=O. The van der Waals surface area contributed by atoms with Gasteiger partial charge in [0.15, 0.2) is 5.79 Å².